The molecule has 1 aliphatic rings. The smallest absolute Gasteiger partial charge is 0.364 e. The second kappa shape index (κ2) is 10.1. The number of amides is 1. The summed E-state index contributed by atoms with van der Waals surface area (Å²) in [5.74, 6) is -6.06. The van der Waals surface area contributed by atoms with E-state index in [0.717, 1.165) is 13.8 Å². The first-order chi connectivity index (χ1) is 12.9. The van der Waals surface area contributed by atoms with Crippen molar-refractivity contribution in [2.75, 3.05) is 13.2 Å². The van der Waals surface area contributed by atoms with Gasteiger partial charge in [-0.05, 0) is 6.92 Å². The molecule has 0 aliphatic carbocycles. The van der Waals surface area contributed by atoms with Crippen molar-refractivity contribution in [3.8, 4) is 0 Å². The van der Waals surface area contributed by atoms with Crippen LogP contribution in [0, 0.1) is 0 Å². The van der Waals surface area contributed by atoms with Gasteiger partial charge in [-0.2, -0.15) is 0 Å². The van der Waals surface area contributed by atoms with Gasteiger partial charge in [0, 0.05) is 13.8 Å². The first-order valence-corrected chi connectivity index (χ1v) is 8.57. The van der Waals surface area contributed by atoms with Crippen LogP contribution in [-0.4, -0.2) is 98.9 Å². The minimum atomic E-state index is -2.83. The Balaban J connectivity index is 3.12. The topological polar surface area (TPSA) is 192 Å². The summed E-state index contributed by atoms with van der Waals surface area (Å²) in [5.41, 5.74) is 0. The molecule has 28 heavy (non-hydrogen) atoms. The molecular formula is C16H27NO11. The lowest BCUT2D eigenvalue weighted by atomic mass is 9.88. The third-order valence-corrected chi connectivity index (χ3v) is 3.96. The number of aliphatic carboxylic acids is 1. The lowest BCUT2D eigenvalue weighted by Gasteiger charge is -2.45. The molecule has 0 saturated carbocycles. The number of carbonyl (C=O) groups excluding carboxylic acids is 2. The molecule has 0 aromatic heterocycles. The van der Waals surface area contributed by atoms with Gasteiger partial charge in [0.25, 0.3) is 5.79 Å². The molecule has 0 aromatic rings. The Bertz CT molecular complexity index is 569. The van der Waals surface area contributed by atoms with Crippen LogP contribution in [0.1, 0.15) is 27.2 Å². The second-order valence-electron chi connectivity index (χ2n) is 6.69. The maximum absolute atomic E-state index is 11.5. The number of hydrogen-bond acceptors (Lipinski definition) is 10. The maximum Gasteiger partial charge on any atom is 0.364 e. The van der Waals surface area contributed by atoms with E-state index in [-0.39, 0.29) is 6.61 Å². The highest BCUT2D eigenvalue weighted by Gasteiger charge is 2.55. The van der Waals surface area contributed by atoms with E-state index in [0.29, 0.717) is 0 Å². The van der Waals surface area contributed by atoms with E-state index in [1.165, 1.54) is 6.92 Å². The Kier molecular flexibility index (Phi) is 8.73. The number of nitrogens with one attached hydrogen (secondary N) is 1. The van der Waals surface area contributed by atoms with E-state index >= 15 is 0 Å². The second-order valence-corrected chi connectivity index (χ2v) is 6.69. The summed E-state index contributed by atoms with van der Waals surface area (Å²) in [4.78, 5) is 34.3. The fraction of sp³-hybridized carbons (Fsp3) is 0.812. The molecule has 6 N–H and O–H groups in total. The molecule has 12 nitrogen and oxygen atoms in total. The van der Waals surface area contributed by atoms with Crippen LogP contribution in [0.15, 0.2) is 0 Å². The summed E-state index contributed by atoms with van der Waals surface area (Å²) in [5, 5.41) is 51.6. The van der Waals surface area contributed by atoms with Crippen LogP contribution in [0.3, 0.4) is 0 Å². The molecule has 1 heterocycles. The monoisotopic (exact) mass is 409 g/mol. The molecule has 4 unspecified atom stereocenters. The molecule has 0 spiro atoms. The van der Waals surface area contributed by atoms with Crippen molar-refractivity contribution in [1.82, 2.24) is 5.32 Å². The van der Waals surface area contributed by atoms with Gasteiger partial charge in [0.15, 0.2) is 0 Å². The largest absolute Gasteiger partial charge is 0.477 e. The van der Waals surface area contributed by atoms with Gasteiger partial charge in [-0.15, -0.1) is 0 Å². The van der Waals surface area contributed by atoms with E-state index < -0.39 is 73.2 Å². The van der Waals surface area contributed by atoms with E-state index in [9.17, 15) is 34.8 Å². The Morgan fingerprint density at radius 2 is 1.82 bits per heavy atom. The normalized spacial score (nSPS) is 30.8. The average molecular weight is 409 g/mol. The number of hydrogen-bond donors (Lipinski definition) is 6. The van der Waals surface area contributed by atoms with Crippen molar-refractivity contribution < 1.29 is 54.1 Å². The standard InChI is InChI=1S/C16H27NO11/c1-7(18)5-26-6-10(21)13(22)14-12(17-8(2)19)11(27-9(3)20)4-16(25,28-14)15(23)24/h7,10-14,18,21-22,25H,4-6H2,1-3H3,(H,17,19)(H,23,24)/t7?,10?,11-,12+,13?,14+,16?/m0/s1. The fourth-order valence-electron chi connectivity index (χ4n) is 2.79. The zero-order chi connectivity index (χ0) is 21.6. The van der Waals surface area contributed by atoms with Crippen LogP contribution >= 0.6 is 0 Å². The predicted octanol–water partition coefficient (Wildman–Crippen LogP) is -2.90. The van der Waals surface area contributed by atoms with Crippen molar-refractivity contribution in [2.45, 2.75) is 69.5 Å². The van der Waals surface area contributed by atoms with Crippen LogP contribution in [0.5, 0.6) is 0 Å². The van der Waals surface area contributed by atoms with Crippen LogP contribution in [0.2, 0.25) is 0 Å². The van der Waals surface area contributed by atoms with Crippen molar-refractivity contribution >= 4 is 17.8 Å². The SMILES string of the molecule is CC(=O)N[C@@H]1[C@@H](OC(C)=O)CC(O)(C(=O)O)O[C@H]1C(O)C(O)COCC(C)O. The van der Waals surface area contributed by atoms with Gasteiger partial charge in [-0.3, -0.25) is 9.59 Å². The molecule has 7 atom stereocenters. The van der Waals surface area contributed by atoms with Gasteiger partial charge >= 0.3 is 11.9 Å². The Morgan fingerprint density at radius 3 is 2.29 bits per heavy atom. The van der Waals surface area contributed by atoms with Crippen molar-refractivity contribution in [3.63, 3.8) is 0 Å². The molecule has 0 bridgehead atoms. The molecule has 1 rings (SSSR count). The molecule has 0 aromatic carbocycles. The molecule has 0 radical (unpaired) electrons. The molecule has 1 saturated heterocycles. The summed E-state index contributed by atoms with van der Waals surface area (Å²) < 4.78 is 15.1. The summed E-state index contributed by atoms with van der Waals surface area (Å²) in [6, 6.07) is -1.26. The third kappa shape index (κ3) is 6.65. The minimum Gasteiger partial charge on any atom is -0.477 e. The highest BCUT2D eigenvalue weighted by Crippen LogP contribution is 2.32. The molecule has 12 heteroatoms. The zero-order valence-electron chi connectivity index (χ0n) is 15.8. The van der Waals surface area contributed by atoms with Crippen LogP contribution < -0.4 is 5.32 Å². The van der Waals surface area contributed by atoms with Crippen molar-refractivity contribution in [2.24, 2.45) is 0 Å². The van der Waals surface area contributed by atoms with E-state index in [1.807, 2.05) is 0 Å². The Labute approximate surface area is 161 Å². The first-order valence-electron chi connectivity index (χ1n) is 8.57. The summed E-state index contributed by atoms with van der Waals surface area (Å²) >= 11 is 0. The van der Waals surface area contributed by atoms with Crippen LogP contribution in [-0.2, 0) is 28.6 Å². The van der Waals surface area contributed by atoms with Gasteiger partial charge in [0.2, 0.25) is 5.91 Å². The number of rotatable bonds is 9. The van der Waals surface area contributed by atoms with Crippen molar-refractivity contribution in [3.05, 3.63) is 0 Å². The van der Waals surface area contributed by atoms with Crippen LogP contribution in [0.25, 0.3) is 0 Å². The Hall–Kier alpha value is -1.83. The lowest BCUT2D eigenvalue weighted by Crippen LogP contribution is -2.67. The number of aliphatic hydroxyl groups is 4. The van der Waals surface area contributed by atoms with E-state index in [2.05, 4.69) is 5.32 Å². The fourth-order valence-corrected chi connectivity index (χ4v) is 2.79. The highest BCUT2D eigenvalue weighted by atomic mass is 16.7. The molecular weight excluding hydrogens is 382 g/mol. The van der Waals surface area contributed by atoms with E-state index in [4.69, 9.17) is 19.3 Å². The summed E-state index contributed by atoms with van der Waals surface area (Å²) in [6.07, 6.45) is -8.03. The first kappa shape index (κ1) is 24.2. The van der Waals surface area contributed by atoms with Gasteiger partial charge < -0.3 is 45.1 Å². The predicted molar refractivity (Wildman–Crippen MR) is 89.7 cm³/mol. The third-order valence-electron chi connectivity index (χ3n) is 3.96. The molecule has 162 valence electrons. The minimum absolute atomic E-state index is 0.139. The van der Waals surface area contributed by atoms with Crippen molar-refractivity contribution in [1.29, 1.82) is 0 Å². The maximum atomic E-state index is 11.5. The molecule has 1 fully saturated rings. The number of carbonyl (C=O) groups is 3. The average Bonchev–Trinajstić information content (AvgIpc) is 2.55. The van der Waals surface area contributed by atoms with Gasteiger partial charge in [0.05, 0.1) is 31.8 Å². The highest BCUT2D eigenvalue weighted by molar-refractivity contribution is 5.76. The number of aliphatic hydroxyl groups excluding tert-OH is 3. The van der Waals surface area contributed by atoms with Gasteiger partial charge in [0.1, 0.15) is 24.4 Å². The summed E-state index contributed by atoms with van der Waals surface area (Å²) in [7, 11) is 0. The van der Waals surface area contributed by atoms with Gasteiger partial charge in [-0.25, -0.2) is 4.79 Å². The summed E-state index contributed by atoms with van der Waals surface area (Å²) in [6.45, 7) is 3.03. The lowest BCUT2D eigenvalue weighted by molar-refractivity contribution is -0.296. The number of esters is 1. The quantitative estimate of drug-likeness (QED) is 0.214. The van der Waals surface area contributed by atoms with Gasteiger partial charge in [-0.1, -0.05) is 0 Å². The number of carboxylic acid groups (broad SMARTS) is 1. The van der Waals surface area contributed by atoms with Crippen LogP contribution in [0.4, 0.5) is 0 Å². The Morgan fingerprint density at radius 1 is 1.21 bits per heavy atom. The molecule has 1 aliphatic heterocycles. The van der Waals surface area contributed by atoms with E-state index in [1.54, 1.807) is 0 Å². The molecule has 1 amide bonds. The number of carboxylic acids is 1. The number of ether oxygens (including phenoxy) is 3. The zero-order valence-corrected chi connectivity index (χ0v) is 15.8.